The van der Waals surface area contributed by atoms with Gasteiger partial charge < -0.3 is 20.7 Å². The molecule has 0 radical (unpaired) electrons. The molecule has 10 heteroatoms. The fraction of sp³-hybridized carbons (Fsp3) is 0.438. The minimum atomic E-state index is -1.81. The van der Waals surface area contributed by atoms with Crippen molar-refractivity contribution in [1.29, 1.82) is 0 Å². The molecule has 0 spiro atoms. The Morgan fingerprint density at radius 1 is 1.15 bits per heavy atom. The fourth-order valence-electron chi connectivity index (χ4n) is 1.90. The molecular formula is C16H20Cl3N3O3S. The topological polar surface area (TPSA) is 79.5 Å². The van der Waals surface area contributed by atoms with Gasteiger partial charge in [0, 0.05) is 12.1 Å². The van der Waals surface area contributed by atoms with E-state index in [1.165, 1.54) is 7.11 Å². The third-order valence-electron chi connectivity index (χ3n) is 3.07. The van der Waals surface area contributed by atoms with E-state index < -0.39 is 15.9 Å². The number of anilines is 1. The van der Waals surface area contributed by atoms with E-state index in [1.54, 1.807) is 24.3 Å². The van der Waals surface area contributed by atoms with Crippen LogP contribution in [0.15, 0.2) is 24.3 Å². The van der Waals surface area contributed by atoms with Crippen LogP contribution < -0.4 is 16.0 Å². The second-order valence-corrected chi connectivity index (χ2v) is 8.58. The van der Waals surface area contributed by atoms with Crippen molar-refractivity contribution < 1.29 is 14.3 Å². The summed E-state index contributed by atoms with van der Waals surface area (Å²) >= 11 is 22.9. The zero-order valence-electron chi connectivity index (χ0n) is 14.4. The monoisotopic (exact) mass is 439 g/mol. The minimum absolute atomic E-state index is 0.136. The van der Waals surface area contributed by atoms with Gasteiger partial charge in [-0.2, -0.15) is 0 Å². The first kappa shape index (κ1) is 22.8. The first-order chi connectivity index (χ1) is 12.0. The van der Waals surface area contributed by atoms with Gasteiger partial charge in [-0.1, -0.05) is 48.7 Å². The molecule has 1 amide bonds. The second-order valence-electron chi connectivity index (χ2n) is 5.81. The van der Waals surface area contributed by atoms with Crippen molar-refractivity contribution in [2.45, 2.75) is 30.2 Å². The lowest BCUT2D eigenvalue weighted by Crippen LogP contribution is -2.56. The van der Waals surface area contributed by atoms with Crippen molar-refractivity contribution in [3.05, 3.63) is 29.8 Å². The van der Waals surface area contributed by atoms with Crippen molar-refractivity contribution in [1.82, 2.24) is 10.6 Å². The molecule has 0 aliphatic rings. The molecule has 0 heterocycles. The summed E-state index contributed by atoms with van der Waals surface area (Å²) in [5, 5.41) is 8.38. The average molecular weight is 441 g/mol. The molecule has 1 rings (SSSR count). The number of esters is 1. The Labute approximate surface area is 172 Å². The van der Waals surface area contributed by atoms with Crippen LogP contribution in [-0.4, -0.2) is 34.1 Å². The van der Waals surface area contributed by atoms with Crippen molar-refractivity contribution >= 4 is 69.7 Å². The van der Waals surface area contributed by atoms with E-state index >= 15 is 0 Å². The molecular weight excluding hydrogens is 421 g/mol. The molecule has 0 saturated carbocycles. The maximum Gasteiger partial charge on any atom is 0.337 e. The molecule has 6 nitrogen and oxygen atoms in total. The molecule has 1 atom stereocenters. The lowest BCUT2D eigenvalue weighted by molar-refractivity contribution is -0.122. The van der Waals surface area contributed by atoms with Crippen LogP contribution >= 0.6 is 47.0 Å². The summed E-state index contributed by atoms with van der Waals surface area (Å²) in [6.07, 6.45) is -0.734. The summed E-state index contributed by atoms with van der Waals surface area (Å²) in [5.74, 6) is -0.556. The molecule has 0 unspecified atom stereocenters. The number of alkyl halides is 3. The van der Waals surface area contributed by atoms with Gasteiger partial charge in [0.2, 0.25) is 9.70 Å². The summed E-state index contributed by atoms with van der Waals surface area (Å²) in [7, 11) is 1.30. The molecule has 0 aliphatic heterocycles. The van der Waals surface area contributed by atoms with Crippen LogP contribution in [0.25, 0.3) is 0 Å². The highest BCUT2D eigenvalue weighted by atomic mass is 35.6. The van der Waals surface area contributed by atoms with Crippen LogP contribution in [0.4, 0.5) is 5.69 Å². The molecule has 0 saturated heterocycles. The number of thiocarbonyl (C=S) groups is 1. The van der Waals surface area contributed by atoms with Crippen molar-refractivity contribution in [2.75, 3.05) is 12.4 Å². The van der Waals surface area contributed by atoms with E-state index in [0.717, 1.165) is 0 Å². The normalized spacial score (nSPS) is 12.3. The van der Waals surface area contributed by atoms with Crippen LogP contribution in [-0.2, 0) is 9.53 Å². The molecule has 1 aromatic rings. The van der Waals surface area contributed by atoms with E-state index in [2.05, 4.69) is 20.7 Å². The lowest BCUT2D eigenvalue weighted by Gasteiger charge is -2.28. The Kier molecular flexibility index (Phi) is 8.89. The maximum atomic E-state index is 11.9. The number of methoxy groups -OCH3 is 1. The van der Waals surface area contributed by atoms with Crippen molar-refractivity contribution in [3.8, 4) is 0 Å². The third kappa shape index (κ3) is 7.95. The number of hydrogen-bond donors (Lipinski definition) is 3. The van der Waals surface area contributed by atoms with Gasteiger partial charge in [-0.05, 0) is 42.4 Å². The number of carbonyl (C=O) groups is 2. The van der Waals surface area contributed by atoms with Crippen LogP contribution in [0.5, 0.6) is 0 Å². The van der Waals surface area contributed by atoms with E-state index in [1.807, 2.05) is 13.8 Å². The number of rotatable bonds is 6. The Balaban J connectivity index is 2.72. The minimum Gasteiger partial charge on any atom is -0.465 e. The molecule has 0 aliphatic carbocycles. The molecule has 26 heavy (non-hydrogen) atoms. The van der Waals surface area contributed by atoms with Crippen LogP contribution in [0.2, 0.25) is 0 Å². The number of hydrogen-bond acceptors (Lipinski definition) is 4. The summed E-state index contributed by atoms with van der Waals surface area (Å²) < 4.78 is 2.82. The van der Waals surface area contributed by atoms with Gasteiger partial charge in [-0.15, -0.1) is 0 Å². The number of carbonyl (C=O) groups excluding carboxylic acids is 2. The summed E-state index contributed by atoms with van der Waals surface area (Å²) in [6, 6.07) is 6.44. The highest BCUT2D eigenvalue weighted by molar-refractivity contribution is 7.80. The Bertz CT molecular complexity index is 648. The number of benzene rings is 1. The van der Waals surface area contributed by atoms with Crippen LogP contribution in [0, 0.1) is 5.92 Å². The predicted octanol–water partition coefficient (Wildman–Crippen LogP) is 3.62. The number of nitrogens with one attached hydrogen (secondary N) is 3. The lowest BCUT2D eigenvalue weighted by atomic mass is 10.1. The highest BCUT2D eigenvalue weighted by Gasteiger charge is 2.34. The van der Waals surface area contributed by atoms with Crippen LogP contribution in [0.3, 0.4) is 0 Å². The van der Waals surface area contributed by atoms with Gasteiger partial charge in [0.25, 0.3) is 0 Å². The van der Waals surface area contributed by atoms with Gasteiger partial charge in [-0.3, -0.25) is 4.79 Å². The van der Waals surface area contributed by atoms with E-state index in [9.17, 15) is 9.59 Å². The van der Waals surface area contributed by atoms with E-state index in [4.69, 9.17) is 47.0 Å². The summed E-state index contributed by atoms with van der Waals surface area (Å²) in [6.45, 7) is 3.81. The second kappa shape index (κ2) is 10.2. The predicted molar refractivity (Wildman–Crippen MR) is 109 cm³/mol. The third-order valence-corrected chi connectivity index (χ3v) is 3.94. The fourth-order valence-corrected chi connectivity index (χ4v) is 2.46. The molecule has 0 aromatic heterocycles. The summed E-state index contributed by atoms with van der Waals surface area (Å²) in [4.78, 5) is 23.4. The first-order valence-corrected chi connectivity index (χ1v) is 9.19. The molecule has 3 N–H and O–H groups in total. The van der Waals surface area contributed by atoms with Gasteiger partial charge >= 0.3 is 5.97 Å². The van der Waals surface area contributed by atoms with Gasteiger partial charge in [0.1, 0.15) is 6.17 Å². The number of ether oxygens (including phenoxy) is 1. The van der Waals surface area contributed by atoms with Gasteiger partial charge in [0.05, 0.1) is 12.7 Å². The zero-order chi connectivity index (χ0) is 19.9. The molecule has 144 valence electrons. The van der Waals surface area contributed by atoms with E-state index in [-0.39, 0.29) is 23.4 Å². The molecule has 0 fully saturated rings. The van der Waals surface area contributed by atoms with Crippen molar-refractivity contribution in [3.63, 3.8) is 0 Å². The summed E-state index contributed by atoms with van der Waals surface area (Å²) in [5.41, 5.74) is 1.00. The number of amides is 1. The Morgan fingerprint density at radius 3 is 2.19 bits per heavy atom. The van der Waals surface area contributed by atoms with Gasteiger partial charge in [-0.25, -0.2) is 4.79 Å². The maximum absolute atomic E-state index is 11.9. The Hall–Kier alpha value is -1.28. The smallest absolute Gasteiger partial charge is 0.337 e. The number of halogens is 3. The molecule has 0 bridgehead atoms. The van der Waals surface area contributed by atoms with Gasteiger partial charge in [0.15, 0.2) is 5.11 Å². The van der Waals surface area contributed by atoms with Crippen molar-refractivity contribution in [2.24, 2.45) is 5.92 Å². The average Bonchev–Trinajstić information content (AvgIpc) is 2.52. The Morgan fingerprint density at radius 2 is 1.73 bits per heavy atom. The zero-order valence-corrected chi connectivity index (χ0v) is 17.5. The first-order valence-electron chi connectivity index (χ1n) is 7.65. The molecule has 1 aromatic carbocycles. The largest absolute Gasteiger partial charge is 0.465 e. The van der Waals surface area contributed by atoms with Crippen LogP contribution in [0.1, 0.15) is 30.6 Å². The highest BCUT2D eigenvalue weighted by Crippen LogP contribution is 2.29. The quantitative estimate of drug-likeness (QED) is 0.271. The van der Waals surface area contributed by atoms with E-state index in [0.29, 0.717) is 11.3 Å². The SMILES string of the molecule is COC(=O)c1ccc(NC(=S)N[C@H](NC(=O)CC(C)C)C(Cl)(Cl)Cl)cc1. The standard InChI is InChI=1S/C16H20Cl3N3O3S/c1-9(2)8-12(23)21-14(16(17,18)19)22-15(26)20-11-6-4-10(5-7-11)13(24)25-3/h4-7,9,14H,8H2,1-3H3,(H,21,23)(H2,20,22,26)/t14-/m0/s1.